The van der Waals surface area contributed by atoms with Gasteiger partial charge in [-0.25, -0.2) is 0 Å². The first-order valence-electron chi connectivity index (χ1n) is 9.77. The van der Waals surface area contributed by atoms with Crippen LogP contribution in [-0.4, -0.2) is 34.2 Å². The third kappa shape index (κ3) is 6.91. The molecule has 0 amide bonds. The van der Waals surface area contributed by atoms with Crippen molar-refractivity contribution < 1.29 is 13.3 Å². The minimum Gasteiger partial charge on any atom is -0.412 e. The van der Waals surface area contributed by atoms with Crippen LogP contribution in [0.5, 0.6) is 0 Å². The molecule has 2 aliphatic rings. The highest BCUT2D eigenvalue weighted by atomic mass is 28.4. The second-order valence-corrected chi connectivity index (χ2v) is 17.5. The lowest BCUT2D eigenvalue weighted by Crippen LogP contribution is -2.50. The van der Waals surface area contributed by atoms with Gasteiger partial charge in [0.15, 0.2) is 8.32 Å². The second kappa shape index (κ2) is 7.91. The Kier molecular flexibility index (Phi) is 7.37. The summed E-state index contributed by atoms with van der Waals surface area (Å²) in [5.41, 5.74) is 0.976. The summed E-state index contributed by atoms with van der Waals surface area (Å²) in [4.78, 5) is 0. The van der Waals surface area contributed by atoms with Gasteiger partial charge in [0.1, 0.15) is 0 Å². The van der Waals surface area contributed by atoms with Crippen molar-refractivity contribution in [3.8, 4) is 0 Å². The maximum atomic E-state index is 6.14. The topological polar surface area (TPSA) is 27.7 Å². The van der Waals surface area contributed by atoms with E-state index in [1.165, 1.54) is 18.9 Å². The van der Waals surface area contributed by atoms with E-state index in [2.05, 4.69) is 68.5 Å². The molecule has 0 aromatic rings. The van der Waals surface area contributed by atoms with Gasteiger partial charge in [0, 0.05) is 6.10 Å². The largest absolute Gasteiger partial charge is 0.412 e. The van der Waals surface area contributed by atoms with E-state index in [0.717, 1.165) is 18.0 Å². The first-order valence-corrected chi connectivity index (χ1v) is 15.0. The van der Waals surface area contributed by atoms with E-state index in [0.29, 0.717) is 6.10 Å². The van der Waals surface area contributed by atoms with Crippen LogP contribution >= 0.6 is 0 Å². The van der Waals surface area contributed by atoms with Crippen LogP contribution in [0, 0.1) is 0 Å². The number of hydrogen-bond acceptors (Lipinski definition) is 3. The quantitative estimate of drug-likeness (QED) is 0.547. The van der Waals surface area contributed by atoms with Crippen LogP contribution in [-0.2, 0) is 13.3 Å². The lowest BCUT2D eigenvalue weighted by molar-refractivity contribution is 0.0158. The molecule has 2 saturated heterocycles. The molecule has 3 nitrogen and oxygen atoms in total. The van der Waals surface area contributed by atoms with E-state index in [-0.39, 0.29) is 11.2 Å². The second-order valence-electron chi connectivity index (χ2n) is 9.84. The minimum atomic E-state index is -1.84. The Balaban J connectivity index is 0.000000243. The maximum absolute atomic E-state index is 6.14. The van der Waals surface area contributed by atoms with Gasteiger partial charge in [-0.1, -0.05) is 13.8 Å². The molecule has 0 aliphatic carbocycles. The Morgan fingerprint density at radius 2 is 1.38 bits per heavy atom. The first kappa shape index (κ1) is 22.4. The van der Waals surface area contributed by atoms with Gasteiger partial charge >= 0.3 is 8.56 Å². The molecule has 0 bridgehead atoms. The Bertz CT molecular complexity index is 409. The summed E-state index contributed by atoms with van der Waals surface area (Å²) in [7, 11) is -3.13. The number of hydrogen-bond donors (Lipinski definition) is 0. The van der Waals surface area contributed by atoms with Gasteiger partial charge in [-0.05, 0) is 91.5 Å². The van der Waals surface area contributed by atoms with E-state index in [1.807, 2.05) is 0 Å². The van der Waals surface area contributed by atoms with Crippen LogP contribution in [0.25, 0.3) is 0 Å². The molecule has 2 heterocycles. The highest BCUT2D eigenvalue weighted by molar-refractivity contribution is 6.74. The zero-order valence-corrected chi connectivity index (χ0v) is 19.9. The third-order valence-corrected chi connectivity index (χ3v) is 13.3. The highest BCUT2D eigenvalue weighted by Gasteiger charge is 2.45. The summed E-state index contributed by atoms with van der Waals surface area (Å²) in [6, 6.07) is 2.49. The van der Waals surface area contributed by atoms with Crippen LogP contribution in [0.4, 0.5) is 0 Å². The molecule has 0 aromatic heterocycles. The molecular weight excluding hydrogens is 332 g/mol. The van der Waals surface area contributed by atoms with Crippen molar-refractivity contribution in [3.63, 3.8) is 0 Å². The fourth-order valence-electron chi connectivity index (χ4n) is 3.79. The fraction of sp³-hybridized carbons (Fsp3) is 1.00. The summed E-state index contributed by atoms with van der Waals surface area (Å²) >= 11 is 0. The van der Waals surface area contributed by atoms with Crippen molar-refractivity contribution in [2.75, 3.05) is 0 Å². The van der Waals surface area contributed by atoms with E-state index >= 15 is 0 Å². The van der Waals surface area contributed by atoms with Crippen LogP contribution in [0.2, 0.25) is 30.7 Å². The van der Waals surface area contributed by atoms with Gasteiger partial charge in [-0.2, -0.15) is 0 Å². The van der Waals surface area contributed by atoms with Gasteiger partial charge in [0.2, 0.25) is 0 Å². The average molecular weight is 375 g/mol. The molecule has 24 heavy (non-hydrogen) atoms. The summed E-state index contributed by atoms with van der Waals surface area (Å²) in [5.74, 6) is 0. The lowest BCUT2D eigenvalue weighted by atomic mass is 10.0. The van der Waals surface area contributed by atoms with E-state index in [4.69, 9.17) is 13.3 Å². The van der Waals surface area contributed by atoms with Crippen molar-refractivity contribution in [2.24, 2.45) is 0 Å². The Labute approximate surface area is 153 Å². The standard InChI is InChI=1S/C10H22O2Si.C9H20OSi/c1-9(2)11-13(5)8-6-7-10(3,4)12-13;1-8(2)11(5)7-6-9(3,4)10-11/h9H,6-8H2,1-5H3;8H,6-7H2,1-5H3. The highest BCUT2D eigenvalue weighted by Crippen LogP contribution is 2.41. The maximum Gasteiger partial charge on any atom is 0.335 e. The van der Waals surface area contributed by atoms with E-state index < -0.39 is 16.9 Å². The molecule has 0 saturated carbocycles. The van der Waals surface area contributed by atoms with Gasteiger partial charge in [-0.15, -0.1) is 0 Å². The number of rotatable bonds is 3. The molecule has 0 N–H and O–H groups in total. The third-order valence-electron chi connectivity index (χ3n) is 5.34. The zero-order chi connectivity index (χ0) is 18.8. The smallest absolute Gasteiger partial charge is 0.335 e. The first-order chi connectivity index (χ1) is 10.7. The predicted octanol–water partition coefficient (Wildman–Crippen LogP) is 6.24. The van der Waals surface area contributed by atoms with E-state index in [1.54, 1.807) is 0 Å². The molecule has 2 fully saturated rings. The van der Waals surface area contributed by atoms with Crippen molar-refractivity contribution in [3.05, 3.63) is 0 Å². The molecule has 2 aliphatic heterocycles. The SMILES string of the molecule is CC(C)O[Si]1(C)CCCC(C)(C)O1.CC(C)[Si]1(C)CCC(C)(C)O1. The molecular formula is C19H42O3Si2. The molecule has 5 heteroatoms. The average Bonchev–Trinajstić information content (AvgIpc) is 2.62. The molecule has 2 rings (SSSR count). The van der Waals surface area contributed by atoms with Crippen LogP contribution in [0.15, 0.2) is 0 Å². The van der Waals surface area contributed by atoms with E-state index in [9.17, 15) is 0 Å². The van der Waals surface area contributed by atoms with Crippen LogP contribution in [0.3, 0.4) is 0 Å². The van der Waals surface area contributed by atoms with Gasteiger partial charge < -0.3 is 13.3 Å². The molecule has 2 atom stereocenters. The summed E-state index contributed by atoms with van der Waals surface area (Å²) in [6.45, 7) is 22.1. The molecule has 0 radical (unpaired) electrons. The Morgan fingerprint density at radius 1 is 0.833 bits per heavy atom. The molecule has 144 valence electrons. The van der Waals surface area contributed by atoms with Crippen molar-refractivity contribution in [1.82, 2.24) is 0 Å². The minimum absolute atomic E-state index is 0.0358. The van der Waals surface area contributed by atoms with Crippen molar-refractivity contribution >= 4 is 16.9 Å². The zero-order valence-electron chi connectivity index (χ0n) is 17.9. The van der Waals surface area contributed by atoms with Crippen LogP contribution < -0.4 is 0 Å². The van der Waals surface area contributed by atoms with Crippen molar-refractivity contribution in [1.29, 1.82) is 0 Å². The Hall–Kier alpha value is 0.314. The van der Waals surface area contributed by atoms with Crippen molar-refractivity contribution in [2.45, 2.75) is 123 Å². The normalized spacial score (nSPS) is 35.0. The van der Waals surface area contributed by atoms with Gasteiger partial charge in [0.05, 0.1) is 11.2 Å². The monoisotopic (exact) mass is 374 g/mol. The fourth-order valence-corrected chi connectivity index (χ4v) is 10.5. The molecule has 0 spiro atoms. The molecule has 2 unspecified atom stereocenters. The Morgan fingerprint density at radius 3 is 1.71 bits per heavy atom. The summed E-state index contributed by atoms with van der Waals surface area (Å²) in [6.07, 6.45) is 3.97. The van der Waals surface area contributed by atoms with Gasteiger partial charge in [-0.3, -0.25) is 0 Å². The van der Waals surface area contributed by atoms with Crippen LogP contribution in [0.1, 0.15) is 74.7 Å². The predicted molar refractivity (Wildman–Crippen MR) is 108 cm³/mol. The van der Waals surface area contributed by atoms with Gasteiger partial charge in [0.25, 0.3) is 0 Å². The lowest BCUT2D eigenvalue weighted by Gasteiger charge is -2.42. The summed E-state index contributed by atoms with van der Waals surface area (Å²) < 4.78 is 18.2. The molecule has 0 aromatic carbocycles. The summed E-state index contributed by atoms with van der Waals surface area (Å²) in [5, 5.41) is 0.